The van der Waals surface area contributed by atoms with E-state index in [1.54, 1.807) is 23.9 Å². The lowest BCUT2D eigenvalue weighted by atomic mass is 10.1. The van der Waals surface area contributed by atoms with Gasteiger partial charge >= 0.3 is 0 Å². The number of rotatable bonds is 6. The molecule has 3 aromatic carbocycles. The summed E-state index contributed by atoms with van der Waals surface area (Å²) in [6.07, 6.45) is 0. The molecule has 2 aromatic heterocycles. The summed E-state index contributed by atoms with van der Waals surface area (Å²) in [4.78, 5) is 18.6. The monoisotopic (exact) mass is 494 g/mol. The third-order valence-electron chi connectivity index (χ3n) is 4.97. The van der Waals surface area contributed by atoms with Gasteiger partial charge in [-0.15, -0.1) is 23.1 Å². The van der Waals surface area contributed by atoms with E-state index in [0.29, 0.717) is 27.2 Å². The van der Waals surface area contributed by atoms with Gasteiger partial charge in [-0.1, -0.05) is 29.8 Å². The van der Waals surface area contributed by atoms with Crippen molar-refractivity contribution in [1.29, 1.82) is 0 Å². The number of aromatic nitrogens is 1. The Balaban J connectivity index is 1.39. The molecule has 0 saturated carbocycles. The highest BCUT2D eigenvalue weighted by molar-refractivity contribution is 7.98. The number of nitrogens with one attached hydrogen (secondary N) is 1. The third kappa shape index (κ3) is 4.80. The molecule has 1 N–H and O–H groups in total. The van der Waals surface area contributed by atoms with Crippen molar-refractivity contribution in [3.05, 3.63) is 100 Å². The van der Waals surface area contributed by atoms with Gasteiger partial charge < -0.3 is 4.42 Å². The van der Waals surface area contributed by atoms with Gasteiger partial charge in [0.2, 0.25) is 0 Å². The van der Waals surface area contributed by atoms with Crippen LogP contribution in [-0.2, 0) is 5.75 Å². The molecular formula is C25H16ClFN2O2S2. The number of nitrogens with zero attached hydrogens (tertiary/aromatic N) is 1. The number of hydrogen-bond acceptors (Lipinski definition) is 5. The van der Waals surface area contributed by atoms with Gasteiger partial charge in [0.25, 0.3) is 5.91 Å². The van der Waals surface area contributed by atoms with Gasteiger partial charge in [-0.2, -0.15) is 0 Å². The summed E-state index contributed by atoms with van der Waals surface area (Å²) in [5.74, 6) is 0.144. The molecule has 5 rings (SSSR count). The second-order valence-corrected chi connectivity index (χ2v) is 9.49. The van der Waals surface area contributed by atoms with E-state index >= 15 is 0 Å². The maximum atomic E-state index is 13.2. The molecule has 2 heterocycles. The Hall–Kier alpha value is -3.13. The summed E-state index contributed by atoms with van der Waals surface area (Å²) in [5, 5.41) is 6.68. The Morgan fingerprint density at radius 2 is 1.82 bits per heavy atom. The number of benzene rings is 3. The number of fused-ring (bicyclic) bond motifs is 1. The number of furan rings is 1. The summed E-state index contributed by atoms with van der Waals surface area (Å²) >= 11 is 8.88. The van der Waals surface area contributed by atoms with E-state index in [2.05, 4.69) is 10.3 Å². The van der Waals surface area contributed by atoms with Crippen LogP contribution in [0.5, 0.6) is 0 Å². The molecule has 0 aliphatic carbocycles. The molecule has 0 bridgehead atoms. The van der Waals surface area contributed by atoms with Crippen LogP contribution in [-0.4, -0.2) is 10.9 Å². The second kappa shape index (κ2) is 9.39. The second-order valence-electron chi connectivity index (χ2n) is 7.15. The highest BCUT2D eigenvalue weighted by atomic mass is 35.5. The minimum absolute atomic E-state index is 0.260. The molecule has 4 nitrogen and oxygen atoms in total. The predicted molar refractivity (Wildman–Crippen MR) is 133 cm³/mol. The average molecular weight is 495 g/mol. The lowest BCUT2D eigenvalue weighted by molar-refractivity contribution is 0.0998. The fourth-order valence-electron chi connectivity index (χ4n) is 3.35. The molecule has 0 fully saturated rings. The number of para-hydroxylation sites is 1. The van der Waals surface area contributed by atoms with Crippen LogP contribution < -0.4 is 5.32 Å². The lowest BCUT2D eigenvalue weighted by Crippen LogP contribution is -2.12. The number of thioether (sulfide) groups is 1. The minimum atomic E-state index is -0.363. The normalized spacial score (nSPS) is 11.1. The molecule has 1 amide bonds. The molecular weight excluding hydrogens is 479 g/mol. The highest BCUT2D eigenvalue weighted by Gasteiger charge is 2.22. The Labute approximate surface area is 202 Å². The number of halogens is 2. The molecule has 0 spiro atoms. The van der Waals surface area contributed by atoms with Crippen molar-refractivity contribution in [1.82, 2.24) is 4.98 Å². The van der Waals surface area contributed by atoms with Crippen LogP contribution in [0.15, 0.2) is 87.5 Å². The van der Waals surface area contributed by atoms with Gasteiger partial charge in [0, 0.05) is 37.6 Å². The van der Waals surface area contributed by atoms with Crippen molar-refractivity contribution in [3.8, 4) is 11.3 Å². The summed E-state index contributed by atoms with van der Waals surface area (Å²) in [7, 11) is 0. The van der Waals surface area contributed by atoms with E-state index in [1.807, 2.05) is 53.9 Å². The number of carbonyl (C=O) groups excluding carboxylic acids is 1. The van der Waals surface area contributed by atoms with E-state index in [1.165, 1.54) is 23.5 Å². The van der Waals surface area contributed by atoms with E-state index in [9.17, 15) is 9.18 Å². The van der Waals surface area contributed by atoms with Crippen LogP contribution in [0.25, 0.3) is 22.2 Å². The highest BCUT2D eigenvalue weighted by Crippen LogP contribution is 2.33. The third-order valence-corrected chi connectivity index (χ3v) is 7.01. The fourth-order valence-corrected chi connectivity index (χ4v) is 5.12. The number of thiazole rings is 1. The summed E-state index contributed by atoms with van der Waals surface area (Å²) in [6.45, 7) is 0. The quantitative estimate of drug-likeness (QED) is 0.244. The Morgan fingerprint density at radius 3 is 2.61 bits per heavy atom. The first kappa shape index (κ1) is 21.7. The maximum absolute atomic E-state index is 13.2. The van der Waals surface area contributed by atoms with Crippen molar-refractivity contribution in [3.63, 3.8) is 0 Å². The van der Waals surface area contributed by atoms with Crippen LogP contribution in [0, 0.1) is 5.82 Å². The minimum Gasteiger partial charge on any atom is -0.451 e. The molecule has 0 saturated heterocycles. The number of hydrogen-bond donors (Lipinski definition) is 1. The fraction of sp³-hybridized carbons (Fsp3) is 0.0400. The van der Waals surface area contributed by atoms with E-state index in [0.717, 1.165) is 21.4 Å². The van der Waals surface area contributed by atoms with Crippen molar-refractivity contribution in [2.24, 2.45) is 0 Å². The van der Waals surface area contributed by atoms with Crippen LogP contribution in [0.1, 0.15) is 16.1 Å². The zero-order chi connectivity index (χ0) is 22.8. The predicted octanol–water partition coefficient (Wildman–Crippen LogP) is 7.89. The number of carbonyl (C=O) groups is 1. The van der Waals surface area contributed by atoms with Crippen molar-refractivity contribution in [2.45, 2.75) is 10.6 Å². The molecule has 0 atom stereocenters. The molecule has 0 radical (unpaired) electrons. The van der Waals surface area contributed by atoms with Gasteiger partial charge in [-0.05, 0) is 54.6 Å². The molecule has 5 aromatic rings. The Morgan fingerprint density at radius 1 is 1.06 bits per heavy atom. The van der Waals surface area contributed by atoms with Crippen molar-refractivity contribution >= 4 is 56.7 Å². The topological polar surface area (TPSA) is 55.1 Å². The smallest absolute Gasteiger partial charge is 0.293 e. The molecule has 0 aliphatic rings. The first-order chi connectivity index (χ1) is 16.1. The summed E-state index contributed by atoms with van der Waals surface area (Å²) in [5.41, 5.74) is 2.91. The van der Waals surface area contributed by atoms with Crippen LogP contribution in [0.2, 0.25) is 5.02 Å². The van der Waals surface area contributed by atoms with Crippen LogP contribution in [0.3, 0.4) is 0 Å². The molecule has 0 unspecified atom stereocenters. The lowest BCUT2D eigenvalue weighted by Gasteiger charge is -2.04. The zero-order valence-corrected chi connectivity index (χ0v) is 19.4. The maximum Gasteiger partial charge on any atom is 0.293 e. The van der Waals surface area contributed by atoms with E-state index < -0.39 is 0 Å². The zero-order valence-electron chi connectivity index (χ0n) is 17.0. The molecule has 33 heavy (non-hydrogen) atoms. The summed E-state index contributed by atoms with van der Waals surface area (Å²) < 4.78 is 19.1. The van der Waals surface area contributed by atoms with E-state index in [-0.39, 0.29) is 17.5 Å². The number of anilines is 1. The van der Waals surface area contributed by atoms with Gasteiger partial charge in [0.15, 0.2) is 10.9 Å². The first-order valence-corrected chi connectivity index (χ1v) is 12.2. The summed E-state index contributed by atoms with van der Waals surface area (Å²) in [6, 6.07) is 21.2. The van der Waals surface area contributed by atoms with Gasteiger partial charge in [0.05, 0.1) is 5.69 Å². The average Bonchev–Trinajstić information content (AvgIpc) is 3.44. The number of amides is 1. The SMILES string of the molecule is O=C(Nc1nc(-c2ccc(F)cc2)cs1)c1oc2ccccc2c1CSc1ccc(Cl)cc1. The largest absolute Gasteiger partial charge is 0.451 e. The molecule has 0 aliphatic heterocycles. The Bertz CT molecular complexity index is 1430. The van der Waals surface area contributed by atoms with Crippen LogP contribution in [0.4, 0.5) is 9.52 Å². The molecule has 164 valence electrons. The molecule has 8 heteroatoms. The van der Waals surface area contributed by atoms with E-state index in [4.69, 9.17) is 16.0 Å². The van der Waals surface area contributed by atoms with Gasteiger partial charge in [0.1, 0.15) is 11.4 Å². The Kier molecular flexibility index (Phi) is 6.17. The van der Waals surface area contributed by atoms with Gasteiger partial charge in [-0.25, -0.2) is 9.37 Å². The first-order valence-electron chi connectivity index (χ1n) is 9.98. The van der Waals surface area contributed by atoms with Crippen molar-refractivity contribution in [2.75, 3.05) is 5.32 Å². The van der Waals surface area contributed by atoms with Gasteiger partial charge in [-0.3, -0.25) is 10.1 Å². The van der Waals surface area contributed by atoms with Crippen molar-refractivity contribution < 1.29 is 13.6 Å². The van der Waals surface area contributed by atoms with Crippen LogP contribution >= 0.6 is 34.7 Å². The standard InChI is InChI=1S/C25H16ClFN2O2S2/c26-16-7-11-18(12-8-16)32-13-20-19-3-1-2-4-22(19)31-23(20)24(30)29-25-28-21(14-33-25)15-5-9-17(27)10-6-15/h1-12,14H,13H2,(H,28,29,30).